The summed E-state index contributed by atoms with van der Waals surface area (Å²) < 4.78 is 25.5. The van der Waals surface area contributed by atoms with Gasteiger partial charge in [-0.25, -0.2) is 0 Å². The fourth-order valence-electron chi connectivity index (χ4n) is 7.27. The molecule has 226 valence electrons. The number of hydrogen-bond acceptors (Lipinski definition) is 6. The van der Waals surface area contributed by atoms with Gasteiger partial charge in [0.2, 0.25) is 0 Å². The van der Waals surface area contributed by atoms with Gasteiger partial charge in [0.15, 0.2) is 23.0 Å². The van der Waals surface area contributed by atoms with Gasteiger partial charge in [-0.1, -0.05) is 48.5 Å². The summed E-state index contributed by atoms with van der Waals surface area (Å²) >= 11 is 0. The molecule has 0 unspecified atom stereocenters. The number of hydrogen-bond donors (Lipinski definition) is 0. The largest absolute Gasteiger partial charge is 0.456 e. The van der Waals surface area contributed by atoms with Gasteiger partial charge in [-0.3, -0.25) is 0 Å². The zero-order chi connectivity index (χ0) is 31.3. The fourth-order valence-corrected chi connectivity index (χ4v) is 7.27. The molecule has 0 spiro atoms. The van der Waals surface area contributed by atoms with Crippen molar-refractivity contribution in [1.29, 1.82) is 0 Å². The molecule has 2 aliphatic heterocycles. The van der Waals surface area contributed by atoms with Crippen LogP contribution >= 0.6 is 0 Å². The van der Waals surface area contributed by atoms with Crippen molar-refractivity contribution in [3.05, 3.63) is 146 Å². The van der Waals surface area contributed by atoms with E-state index in [9.17, 15) is 0 Å². The van der Waals surface area contributed by atoms with Gasteiger partial charge in [-0.2, -0.15) is 0 Å². The lowest BCUT2D eigenvalue weighted by molar-refractivity contribution is 0.477. The highest BCUT2D eigenvalue weighted by atomic mass is 16.5. The minimum atomic E-state index is 0.813. The summed E-state index contributed by atoms with van der Waals surface area (Å²) in [5.41, 5.74) is 9.27. The highest BCUT2D eigenvalue weighted by Gasteiger charge is 2.28. The second-order valence-electron chi connectivity index (χ2n) is 12.2. The van der Waals surface area contributed by atoms with E-state index in [1.165, 1.54) is 0 Å². The SMILES string of the molecule is c1ccc2c(c1)Oc1ccccc1N2c1ccc2oc3cc4c(cc3c2c1)oc1ccc(N2c3ccccc3Oc3ccccc32)cc14. The molecule has 0 N–H and O–H groups in total. The summed E-state index contributed by atoms with van der Waals surface area (Å²) in [5, 5.41) is 4.05. The molecule has 7 aromatic carbocycles. The lowest BCUT2D eigenvalue weighted by atomic mass is 10.1. The lowest BCUT2D eigenvalue weighted by Gasteiger charge is -2.32. The van der Waals surface area contributed by atoms with Gasteiger partial charge in [0, 0.05) is 32.9 Å². The van der Waals surface area contributed by atoms with Gasteiger partial charge in [0.25, 0.3) is 0 Å². The molecular weight excluding hydrogens is 596 g/mol. The van der Waals surface area contributed by atoms with Crippen LogP contribution in [0.3, 0.4) is 0 Å². The normalized spacial score (nSPS) is 13.2. The molecule has 48 heavy (non-hydrogen) atoms. The highest BCUT2D eigenvalue weighted by Crippen LogP contribution is 2.52. The summed E-state index contributed by atoms with van der Waals surface area (Å²) in [6, 6.07) is 49.4. The summed E-state index contributed by atoms with van der Waals surface area (Å²) in [4.78, 5) is 4.49. The third-order valence-electron chi connectivity index (χ3n) is 9.41. The van der Waals surface area contributed by atoms with Gasteiger partial charge in [0.05, 0.1) is 22.7 Å². The number of benzene rings is 7. The highest BCUT2D eigenvalue weighted by molar-refractivity contribution is 6.16. The van der Waals surface area contributed by atoms with E-state index in [1.54, 1.807) is 0 Å². The van der Waals surface area contributed by atoms with Crippen LogP contribution in [0.15, 0.2) is 154 Å². The number of fused-ring (bicyclic) bond motifs is 10. The summed E-state index contributed by atoms with van der Waals surface area (Å²) in [5.74, 6) is 3.28. The Labute approximate surface area is 274 Å². The van der Waals surface area contributed by atoms with Crippen molar-refractivity contribution in [3.63, 3.8) is 0 Å². The second kappa shape index (κ2) is 9.44. The molecule has 9 aromatic rings. The quantitative estimate of drug-likeness (QED) is 0.192. The minimum absolute atomic E-state index is 0.813. The van der Waals surface area contributed by atoms with Crippen LogP contribution in [-0.2, 0) is 0 Å². The maximum atomic E-state index is 6.49. The molecule has 11 rings (SSSR count). The predicted octanol–water partition coefficient (Wildman–Crippen LogP) is 12.6. The zero-order valence-corrected chi connectivity index (χ0v) is 25.4. The smallest absolute Gasteiger partial charge is 0.151 e. The monoisotopic (exact) mass is 620 g/mol. The molecule has 4 heterocycles. The third-order valence-corrected chi connectivity index (χ3v) is 9.41. The van der Waals surface area contributed by atoms with Crippen LogP contribution < -0.4 is 19.3 Å². The van der Waals surface area contributed by atoms with Crippen molar-refractivity contribution in [2.75, 3.05) is 9.80 Å². The Hall–Kier alpha value is -6.66. The van der Waals surface area contributed by atoms with Crippen LogP contribution in [0.25, 0.3) is 43.9 Å². The van der Waals surface area contributed by atoms with Gasteiger partial charge >= 0.3 is 0 Å². The van der Waals surface area contributed by atoms with Crippen LogP contribution in [0, 0.1) is 0 Å². The first-order valence-corrected chi connectivity index (χ1v) is 15.9. The molecule has 2 aromatic heterocycles. The minimum Gasteiger partial charge on any atom is -0.456 e. The van der Waals surface area contributed by atoms with Gasteiger partial charge in [0.1, 0.15) is 22.3 Å². The number of anilines is 6. The van der Waals surface area contributed by atoms with E-state index in [2.05, 4.69) is 82.6 Å². The van der Waals surface area contributed by atoms with Crippen LogP contribution in [0.5, 0.6) is 23.0 Å². The summed E-state index contributed by atoms with van der Waals surface area (Å²) in [7, 11) is 0. The molecule has 0 saturated carbocycles. The lowest BCUT2D eigenvalue weighted by Crippen LogP contribution is -2.15. The third kappa shape index (κ3) is 3.57. The topological polar surface area (TPSA) is 51.2 Å². The number of para-hydroxylation sites is 8. The zero-order valence-electron chi connectivity index (χ0n) is 25.4. The van der Waals surface area contributed by atoms with Crippen molar-refractivity contribution >= 4 is 78.0 Å². The Balaban J connectivity index is 1.07. The molecule has 0 fully saturated rings. The average Bonchev–Trinajstić information content (AvgIpc) is 3.68. The van der Waals surface area contributed by atoms with E-state index in [0.29, 0.717) is 0 Å². The van der Waals surface area contributed by atoms with E-state index < -0.39 is 0 Å². The molecule has 2 aliphatic rings. The Morgan fingerprint density at radius 2 is 0.646 bits per heavy atom. The van der Waals surface area contributed by atoms with E-state index in [1.807, 2.05) is 72.8 Å². The Morgan fingerprint density at radius 1 is 0.312 bits per heavy atom. The predicted molar refractivity (Wildman–Crippen MR) is 191 cm³/mol. The average molecular weight is 621 g/mol. The van der Waals surface area contributed by atoms with E-state index in [0.717, 1.165) is 101 Å². The van der Waals surface area contributed by atoms with Crippen molar-refractivity contribution < 1.29 is 18.3 Å². The van der Waals surface area contributed by atoms with Crippen LogP contribution in [-0.4, -0.2) is 0 Å². The Kier molecular flexibility index (Phi) is 5.02. The summed E-state index contributed by atoms with van der Waals surface area (Å²) in [6.07, 6.45) is 0. The van der Waals surface area contributed by atoms with Crippen molar-refractivity contribution in [3.8, 4) is 23.0 Å². The molecule has 0 atom stereocenters. The molecule has 6 heteroatoms. The first kappa shape index (κ1) is 25.5. The number of furan rings is 2. The van der Waals surface area contributed by atoms with Crippen molar-refractivity contribution in [2.45, 2.75) is 0 Å². The Bertz CT molecular complexity index is 2490. The molecule has 0 amide bonds. The van der Waals surface area contributed by atoms with Gasteiger partial charge in [-0.05, 0) is 97.1 Å². The first-order chi connectivity index (χ1) is 23.8. The molecular formula is C42H24N2O4. The van der Waals surface area contributed by atoms with Crippen molar-refractivity contribution in [1.82, 2.24) is 0 Å². The number of ether oxygens (including phenoxy) is 2. The van der Waals surface area contributed by atoms with E-state index in [-0.39, 0.29) is 0 Å². The number of nitrogens with zero attached hydrogens (tertiary/aromatic N) is 2. The Morgan fingerprint density at radius 3 is 1.02 bits per heavy atom. The van der Waals surface area contributed by atoms with Gasteiger partial charge < -0.3 is 28.1 Å². The molecule has 6 nitrogen and oxygen atoms in total. The molecule has 0 radical (unpaired) electrons. The van der Waals surface area contributed by atoms with Crippen molar-refractivity contribution in [2.24, 2.45) is 0 Å². The van der Waals surface area contributed by atoms with Crippen LogP contribution in [0.1, 0.15) is 0 Å². The van der Waals surface area contributed by atoms with Crippen LogP contribution in [0.2, 0.25) is 0 Å². The maximum absolute atomic E-state index is 6.49. The fraction of sp³-hybridized carbons (Fsp3) is 0. The number of rotatable bonds is 2. The maximum Gasteiger partial charge on any atom is 0.151 e. The van der Waals surface area contributed by atoms with Crippen LogP contribution in [0.4, 0.5) is 34.1 Å². The first-order valence-electron chi connectivity index (χ1n) is 15.9. The van der Waals surface area contributed by atoms with Gasteiger partial charge in [-0.15, -0.1) is 0 Å². The molecule has 0 aliphatic carbocycles. The molecule has 0 bridgehead atoms. The molecule has 0 saturated heterocycles. The summed E-state index contributed by atoms with van der Waals surface area (Å²) in [6.45, 7) is 0. The van der Waals surface area contributed by atoms with E-state index >= 15 is 0 Å². The second-order valence-corrected chi connectivity index (χ2v) is 12.2. The van der Waals surface area contributed by atoms with E-state index in [4.69, 9.17) is 18.3 Å². The standard InChI is InChI=1S/C42H24N2O4/c1-5-13-37-31(9-1)43(32-10-2-6-14-38(32)47-37)25-17-19-35-27(21-25)29-23-42-30(24-41(29)45-35)28-22-26(18-20-36(28)46-42)44-33-11-3-7-15-39(33)48-40-16-8-4-12-34(40)44/h1-24H.